The lowest BCUT2D eigenvalue weighted by atomic mass is 10.1. The Morgan fingerprint density at radius 1 is 1.17 bits per heavy atom. The van der Waals surface area contributed by atoms with Crippen molar-refractivity contribution < 1.29 is 9.21 Å². The summed E-state index contributed by atoms with van der Waals surface area (Å²) in [5, 5.41) is 2.83. The number of hydrogen-bond donors (Lipinski definition) is 1. The van der Waals surface area contributed by atoms with Crippen molar-refractivity contribution in [3.8, 4) is 11.3 Å². The minimum Gasteiger partial charge on any atom is -0.472 e. The van der Waals surface area contributed by atoms with Crippen molar-refractivity contribution in [2.45, 2.75) is 6.92 Å². The molecule has 3 aromatic heterocycles. The van der Waals surface area contributed by atoms with Gasteiger partial charge in [0.15, 0.2) is 0 Å². The Morgan fingerprint density at radius 2 is 2.00 bits per heavy atom. The van der Waals surface area contributed by atoms with Crippen LogP contribution in [0.2, 0.25) is 0 Å². The van der Waals surface area contributed by atoms with Crippen LogP contribution in [0.4, 0.5) is 5.69 Å². The van der Waals surface area contributed by atoms with Crippen LogP contribution < -0.4 is 5.32 Å². The zero-order valence-electron chi connectivity index (χ0n) is 13.1. The van der Waals surface area contributed by atoms with E-state index in [9.17, 15) is 4.79 Å². The van der Waals surface area contributed by atoms with E-state index in [0.717, 1.165) is 22.6 Å². The molecule has 0 aliphatic heterocycles. The van der Waals surface area contributed by atoms with Gasteiger partial charge in [0.05, 0.1) is 17.5 Å². The van der Waals surface area contributed by atoms with Gasteiger partial charge in [0, 0.05) is 23.6 Å². The third-order valence-corrected chi connectivity index (χ3v) is 3.84. The number of pyridine rings is 1. The Bertz CT molecular complexity index is 999. The van der Waals surface area contributed by atoms with Crippen molar-refractivity contribution in [1.29, 1.82) is 0 Å². The maximum Gasteiger partial charge on any atom is 0.258 e. The molecular weight excluding hydrogens is 302 g/mol. The summed E-state index contributed by atoms with van der Waals surface area (Å²) >= 11 is 0. The summed E-state index contributed by atoms with van der Waals surface area (Å²) in [7, 11) is 0. The molecule has 5 nitrogen and oxygen atoms in total. The number of carbonyl (C=O) groups is 1. The van der Waals surface area contributed by atoms with Crippen molar-refractivity contribution in [1.82, 2.24) is 9.38 Å². The van der Waals surface area contributed by atoms with Crippen molar-refractivity contribution in [3.05, 3.63) is 78.5 Å². The lowest BCUT2D eigenvalue weighted by Gasteiger charge is -2.04. The van der Waals surface area contributed by atoms with E-state index in [1.807, 2.05) is 60.1 Å². The smallest absolute Gasteiger partial charge is 0.258 e. The van der Waals surface area contributed by atoms with Gasteiger partial charge in [-0.2, -0.15) is 0 Å². The van der Waals surface area contributed by atoms with E-state index >= 15 is 0 Å². The first-order valence-corrected chi connectivity index (χ1v) is 7.58. The van der Waals surface area contributed by atoms with E-state index in [1.165, 1.54) is 18.1 Å². The van der Waals surface area contributed by atoms with Gasteiger partial charge in [0.25, 0.3) is 5.91 Å². The van der Waals surface area contributed by atoms with Gasteiger partial charge in [-0.05, 0) is 42.8 Å². The quantitative estimate of drug-likeness (QED) is 0.617. The maximum absolute atomic E-state index is 12.0. The lowest BCUT2D eigenvalue weighted by molar-refractivity contribution is 0.102. The summed E-state index contributed by atoms with van der Waals surface area (Å²) in [6, 6.07) is 13.3. The summed E-state index contributed by atoms with van der Waals surface area (Å²) in [4.78, 5) is 16.6. The number of anilines is 1. The Hall–Kier alpha value is -3.34. The summed E-state index contributed by atoms with van der Waals surface area (Å²) in [5.41, 5.74) is 5.21. The number of aromatic nitrogens is 2. The van der Waals surface area contributed by atoms with Crippen LogP contribution in [0.5, 0.6) is 0 Å². The van der Waals surface area contributed by atoms with E-state index < -0.39 is 0 Å². The van der Waals surface area contributed by atoms with Gasteiger partial charge in [0.1, 0.15) is 11.9 Å². The third-order valence-electron chi connectivity index (χ3n) is 3.84. The molecule has 1 aromatic carbocycles. The van der Waals surface area contributed by atoms with E-state index in [4.69, 9.17) is 4.42 Å². The molecule has 1 amide bonds. The Kier molecular flexibility index (Phi) is 3.39. The molecule has 0 saturated carbocycles. The number of imidazole rings is 1. The van der Waals surface area contributed by atoms with E-state index in [2.05, 4.69) is 10.3 Å². The largest absolute Gasteiger partial charge is 0.472 e. The number of rotatable bonds is 3. The monoisotopic (exact) mass is 317 g/mol. The van der Waals surface area contributed by atoms with Gasteiger partial charge in [-0.25, -0.2) is 4.98 Å². The van der Waals surface area contributed by atoms with Crippen molar-refractivity contribution >= 4 is 17.2 Å². The standard InChI is InChI=1S/C19H15N3O2/c1-13-6-8-22-11-17(21-18(22)10-13)14-2-4-16(5-3-14)20-19(23)15-7-9-24-12-15/h2-12H,1H3,(H,20,23). The fourth-order valence-electron chi connectivity index (χ4n) is 2.54. The van der Waals surface area contributed by atoms with Crippen molar-refractivity contribution in [3.63, 3.8) is 0 Å². The fraction of sp³-hybridized carbons (Fsp3) is 0.0526. The summed E-state index contributed by atoms with van der Waals surface area (Å²) < 4.78 is 6.91. The molecule has 118 valence electrons. The second kappa shape index (κ2) is 5.70. The van der Waals surface area contributed by atoms with Crippen LogP contribution in [0.1, 0.15) is 15.9 Å². The van der Waals surface area contributed by atoms with Crippen LogP contribution in [-0.2, 0) is 0 Å². The zero-order chi connectivity index (χ0) is 16.5. The molecule has 0 saturated heterocycles. The van der Waals surface area contributed by atoms with Gasteiger partial charge in [0.2, 0.25) is 0 Å². The van der Waals surface area contributed by atoms with E-state index in [0.29, 0.717) is 5.56 Å². The Balaban J connectivity index is 1.57. The van der Waals surface area contributed by atoms with Crippen LogP contribution in [0.25, 0.3) is 16.9 Å². The molecule has 0 aliphatic rings. The summed E-state index contributed by atoms with van der Waals surface area (Å²) in [6.07, 6.45) is 6.89. The number of furan rings is 1. The van der Waals surface area contributed by atoms with Crippen LogP contribution in [0.3, 0.4) is 0 Å². The number of nitrogens with one attached hydrogen (secondary N) is 1. The number of carbonyl (C=O) groups excluding carboxylic acids is 1. The highest BCUT2D eigenvalue weighted by atomic mass is 16.3. The first-order chi connectivity index (χ1) is 11.7. The second-order valence-corrected chi connectivity index (χ2v) is 5.64. The first kappa shape index (κ1) is 14.3. The molecule has 0 spiro atoms. The van der Waals surface area contributed by atoms with Gasteiger partial charge >= 0.3 is 0 Å². The minimum atomic E-state index is -0.195. The molecule has 0 aliphatic carbocycles. The van der Waals surface area contributed by atoms with Crippen LogP contribution in [0.15, 0.2) is 71.8 Å². The number of nitrogens with zero attached hydrogens (tertiary/aromatic N) is 2. The molecule has 3 heterocycles. The molecule has 24 heavy (non-hydrogen) atoms. The number of amides is 1. The highest BCUT2D eigenvalue weighted by molar-refractivity contribution is 6.04. The fourth-order valence-corrected chi connectivity index (χ4v) is 2.54. The number of benzene rings is 1. The van der Waals surface area contributed by atoms with E-state index in [1.54, 1.807) is 6.07 Å². The molecule has 0 unspecified atom stereocenters. The average Bonchev–Trinajstić information content (AvgIpc) is 3.24. The van der Waals surface area contributed by atoms with Crippen molar-refractivity contribution in [2.75, 3.05) is 5.32 Å². The SMILES string of the molecule is Cc1ccn2cc(-c3ccc(NC(=O)c4ccoc4)cc3)nc2c1. The first-order valence-electron chi connectivity index (χ1n) is 7.58. The van der Waals surface area contributed by atoms with E-state index in [-0.39, 0.29) is 5.91 Å². The third kappa shape index (κ3) is 2.67. The maximum atomic E-state index is 12.0. The molecular formula is C19H15N3O2. The van der Waals surface area contributed by atoms with Gasteiger partial charge in [-0.3, -0.25) is 4.79 Å². The summed E-state index contributed by atoms with van der Waals surface area (Å²) in [5.74, 6) is -0.195. The molecule has 4 aromatic rings. The molecule has 4 rings (SSSR count). The molecule has 0 bridgehead atoms. The highest BCUT2D eigenvalue weighted by Gasteiger charge is 2.08. The molecule has 5 heteroatoms. The van der Waals surface area contributed by atoms with Crippen molar-refractivity contribution in [2.24, 2.45) is 0 Å². The molecule has 0 radical (unpaired) electrons. The van der Waals surface area contributed by atoms with Crippen LogP contribution >= 0.6 is 0 Å². The average molecular weight is 317 g/mol. The minimum absolute atomic E-state index is 0.195. The molecule has 0 atom stereocenters. The van der Waals surface area contributed by atoms with Gasteiger partial charge in [-0.15, -0.1) is 0 Å². The zero-order valence-corrected chi connectivity index (χ0v) is 13.1. The number of hydrogen-bond acceptors (Lipinski definition) is 3. The normalized spacial score (nSPS) is 10.9. The summed E-state index contributed by atoms with van der Waals surface area (Å²) in [6.45, 7) is 2.05. The second-order valence-electron chi connectivity index (χ2n) is 5.64. The predicted molar refractivity (Wildman–Crippen MR) is 92.0 cm³/mol. The molecule has 1 N–H and O–H groups in total. The van der Waals surface area contributed by atoms with Gasteiger partial charge < -0.3 is 14.1 Å². The number of aryl methyl sites for hydroxylation is 1. The predicted octanol–water partition coefficient (Wildman–Crippen LogP) is 4.16. The van der Waals surface area contributed by atoms with Gasteiger partial charge in [-0.1, -0.05) is 12.1 Å². The Labute approximate surface area is 138 Å². The van der Waals surface area contributed by atoms with Crippen LogP contribution in [-0.4, -0.2) is 15.3 Å². The lowest BCUT2D eigenvalue weighted by Crippen LogP contribution is -2.10. The number of fused-ring (bicyclic) bond motifs is 1. The Morgan fingerprint density at radius 3 is 2.75 bits per heavy atom. The van der Waals surface area contributed by atoms with Crippen LogP contribution in [0, 0.1) is 6.92 Å². The topological polar surface area (TPSA) is 59.5 Å². The molecule has 0 fully saturated rings. The highest BCUT2D eigenvalue weighted by Crippen LogP contribution is 2.22.